The third kappa shape index (κ3) is 1.94. The van der Waals surface area contributed by atoms with E-state index in [4.69, 9.17) is 11.6 Å². The molecule has 1 aliphatic heterocycles. The molecule has 1 atom stereocenters. The summed E-state index contributed by atoms with van der Waals surface area (Å²) in [4.78, 5) is 12.8. The van der Waals surface area contributed by atoms with Crippen LogP contribution in [0.2, 0.25) is 0 Å². The van der Waals surface area contributed by atoms with Crippen LogP contribution in [-0.2, 0) is 6.42 Å². The maximum absolute atomic E-state index is 5.93. The van der Waals surface area contributed by atoms with Crippen LogP contribution in [0.5, 0.6) is 0 Å². The number of hydrogen-bond donors (Lipinski definition) is 0. The summed E-state index contributed by atoms with van der Waals surface area (Å²) in [5.41, 5.74) is 1.04. The highest BCUT2D eigenvalue weighted by Crippen LogP contribution is 2.28. The van der Waals surface area contributed by atoms with Crippen molar-refractivity contribution in [2.45, 2.75) is 16.4 Å². The zero-order valence-corrected chi connectivity index (χ0v) is 10.5. The fourth-order valence-electron chi connectivity index (χ4n) is 1.17. The van der Waals surface area contributed by atoms with E-state index < -0.39 is 0 Å². The van der Waals surface area contributed by atoms with Gasteiger partial charge in [0, 0.05) is 11.8 Å². The van der Waals surface area contributed by atoms with Crippen molar-refractivity contribution in [3.63, 3.8) is 0 Å². The van der Waals surface area contributed by atoms with E-state index in [1.165, 1.54) is 11.8 Å². The summed E-state index contributed by atoms with van der Waals surface area (Å²) < 4.78 is 0. The molecule has 2 heterocycles. The number of aliphatic imine (C=N–C) groups is 1. The standard InChI is InChI=1S/C8H7BrClN3S/c1-14-8-11-3-4-2-5(9)6(10)12-7(4)13-8/h3,5H,2H2,1H3. The Kier molecular flexibility index (Phi) is 3.09. The van der Waals surface area contributed by atoms with Gasteiger partial charge in [0.1, 0.15) is 5.17 Å². The SMILES string of the molecule is CSc1ncc2c(n1)N=C(Cl)C(Br)C2. The molecule has 0 saturated carbocycles. The van der Waals surface area contributed by atoms with Crippen LogP contribution in [0.15, 0.2) is 16.3 Å². The zero-order valence-electron chi connectivity index (χ0n) is 7.37. The van der Waals surface area contributed by atoms with Crippen molar-refractivity contribution in [1.82, 2.24) is 9.97 Å². The van der Waals surface area contributed by atoms with Crippen LogP contribution in [0.3, 0.4) is 0 Å². The molecule has 1 unspecified atom stereocenters. The molecular formula is C8H7BrClN3S. The smallest absolute Gasteiger partial charge is 0.189 e. The van der Waals surface area contributed by atoms with Crippen LogP contribution in [-0.4, -0.2) is 26.2 Å². The first-order valence-electron chi connectivity index (χ1n) is 3.98. The summed E-state index contributed by atoms with van der Waals surface area (Å²) >= 11 is 10.9. The van der Waals surface area contributed by atoms with Gasteiger partial charge in [0.2, 0.25) is 0 Å². The number of aromatic nitrogens is 2. The van der Waals surface area contributed by atoms with E-state index in [-0.39, 0.29) is 4.83 Å². The molecule has 74 valence electrons. The Morgan fingerprint density at radius 1 is 1.64 bits per heavy atom. The highest BCUT2D eigenvalue weighted by Gasteiger charge is 2.20. The number of alkyl halides is 1. The Morgan fingerprint density at radius 2 is 2.43 bits per heavy atom. The third-order valence-electron chi connectivity index (χ3n) is 1.87. The first-order valence-corrected chi connectivity index (χ1v) is 6.50. The first-order chi connectivity index (χ1) is 6.70. The average molecular weight is 293 g/mol. The largest absolute Gasteiger partial charge is 0.231 e. The predicted molar refractivity (Wildman–Crippen MR) is 63.2 cm³/mol. The van der Waals surface area contributed by atoms with Crippen molar-refractivity contribution in [1.29, 1.82) is 0 Å². The second-order valence-corrected chi connectivity index (χ2v) is 5.08. The normalized spacial score (nSPS) is 20.2. The molecule has 1 aromatic heterocycles. The lowest BCUT2D eigenvalue weighted by molar-refractivity contribution is 0.903. The van der Waals surface area contributed by atoms with Crippen LogP contribution in [0.1, 0.15) is 5.56 Å². The fraction of sp³-hybridized carbons (Fsp3) is 0.375. The Hall–Kier alpha value is -0.130. The molecule has 0 N–H and O–H groups in total. The van der Waals surface area contributed by atoms with E-state index >= 15 is 0 Å². The van der Waals surface area contributed by atoms with Crippen molar-refractivity contribution in [2.24, 2.45) is 4.99 Å². The summed E-state index contributed by atoms with van der Waals surface area (Å²) in [6, 6.07) is 0. The topological polar surface area (TPSA) is 38.1 Å². The van der Waals surface area contributed by atoms with Gasteiger partial charge in [-0.25, -0.2) is 15.0 Å². The molecule has 1 aliphatic rings. The van der Waals surface area contributed by atoms with Gasteiger partial charge in [-0.05, 0) is 12.7 Å². The zero-order chi connectivity index (χ0) is 10.1. The van der Waals surface area contributed by atoms with Crippen LogP contribution in [0, 0.1) is 0 Å². The summed E-state index contributed by atoms with van der Waals surface area (Å²) in [5.74, 6) is 0.699. The molecular weight excluding hydrogens is 286 g/mol. The van der Waals surface area contributed by atoms with Gasteiger partial charge in [-0.15, -0.1) is 0 Å². The molecule has 0 radical (unpaired) electrons. The summed E-state index contributed by atoms with van der Waals surface area (Å²) in [5, 5.41) is 1.29. The first kappa shape index (κ1) is 10.4. The number of thioether (sulfide) groups is 1. The maximum atomic E-state index is 5.93. The molecule has 0 aliphatic carbocycles. The van der Waals surface area contributed by atoms with Gasteiger partial charge in [0.25, 0.3) is 0 Å². The average Bonchev–Trinajstić information content (AvgIpc) is 2.19. The lowest BCUT2D eigenvalue weighted by atomic mass is 10.1. The van der Waals surface area contributed by atoms with Crippen molar-refractivity contribution < 1.29 is 0 Å². The molecule has 0 saturated heterocycles. The monoisotopic (exact) mass is 291 g/mol. The molecule has 0 aromatic carbocycles. The highest BCUT2D eigenvalue weighted by molar-refractivity contribution is 9.10. The second kappa shape index (κ2) is 4.16. The number of nitrogens with zero attached hydrogens (tertiary/aromatic N) is 3. The quantitative estimate of drug-likeness (QED) is 0.454. The van der Waals surface area contributed by atoms with Gasteiger partial charge in [-0.2, -0.15) is 0 Å². The lowest BCUT2D eigenvalue weighted by Gasteiger charge is -2.15. The maximum Gasteiger partial charge on any atom is 0.189 e. The molecule has 6 heteroatoms. The van der Waals surface area contributed by atoms with Crippen LogP contribution < -0.4 is 0 Å². The molecule has 0 spiro atoms. The number of fused-ring (bicyclic) bond motifs is 1. The minimum atomic E-state index is 0.0976. The van der Waals surface area contributed by atoms with Crippen LogP contribution >= 0.6 is 39.3 Å². The van der Waals surface area contributed by atoms with Gasteiger partial charge in [-0.1, -0.05) is 39.3 Å². The van der Waals surface area contributed by atoms with Crippen molar-refractivity contribution >= 4 is 50.3 Å². The fourth-order valence-corrected chi connectivity index (χ4v) is 2.11. The van der Waals surface area contributed by atoms with Gasteiger partial charge in [0.05, 0.1) is 4.83 Å². The van der Waals surface area contributed by atoms with Gasteiger partial charge in [-0.3, -0.25) is 0 Å². The molecule has 1 aromatic rings. The molecule has 14 heavy (non-hydrogen) atoms. The van der Waals surface area contributed by atoms with Crippen LogP contribution in [0.25, 0.3) is 0 Å². The Bertz CT molecular complexity index is 396. The second-order valence-electron chi connectivity index (χ2n) is 2.81. The lowest BCUT2D eigenvalue weighted by Crippen LogP contribution is -2.16. The van der Waals surface area contributed by atoms with Crippen molar-refractivity contribution in [3.05, 3.63) is 11.8 Å². The van der Waals surface area contributed by atoms with E-state index in [2.05, 4.69) is 30.9 Å². The Balaban J connectivity index is 2.45. The number of rotatable bonds is 1. The van der Waals surface area contributed by atoms with Crippen LogP contribution in [0.4, 0.5) is 5.82 Å². The Morgan fingerprint density at radius 3 is 3.14 bits per heavy atom. The Labute approximate surface area is 99.5 Å². The minimum Gasteiger partial charge on any atom is -0.231 e. The summed E-state index contributed by atoms with van der Waals surface area (Å²) in [7, 11) is 0. The molecule has 0 bridgehead atoms. The van der Waals surface area contributed by atoms with Gasteiger partial charge in [0.15, 0.2) is 11.0 Å². The predicted octanol–water partition coefficient (Wildman–Crippen LogP) is 2.79. The minimum absolute atomic E-state index is 0.0976. The summed E-state index contributed by atoms with van der Waals surface area (Å²) in [6.07, 6.45) is 4.55. The van der Waals surface area contributed by atoms with E-state index in [0.29, 0.717) is 11.0 Å². The number of halogens is 2. The van der Waals surface area contributed by atoms with E-state index in [9.17, 15) is 0 Å². The van der Waals surface area contributed by atoms with Crippen molar-refractivity contribution in [2.75, 3.05) is 6.26 Å². The summed E-state index contributed by atoms with van der Waals surface area (Å²) in [6.45, 7) is 0. The molecule has 2 rings (SSSR count). The molecule has 3 nitrogen and oxygen atoms in total. The van der Waals surface area contributed by atoms with E-state index in [1.807, 2.05) is 12.5 Å². The van der Waals surface area contributed by atoms with Gasteiger partial charge >= 0.3 is 0 Å². The molecule has 0 amide bonds. The third-order valence-corrected chi connectivity index (χ3v) is 3.80. The van der Waals surface area contributed by atoms with Gasteiger partial charge < -0.3 is 0 Å². The van der Waals surface area contributed by atoms with Crippen molar-refractivity contribution in [3.8, 4) is 0 Å². The number of hydrogen-bond acceptors (Lipinski definition) is 4. The van der Waals surface area contributed by atoms with E-state index in [1.54, 1.807) is 0 Å². The van der Waals surface area contributed by atoms with E-state index in [0.717, 1.165) is 17.1 Å². The molecule has 0 fully saturated rings. The highest BCUT2D eigenvalue weighted by atomic mass is 79.9.